The third kappa shape index (κ3) is 3.33. The van der Waals surface area contributed by atoms with Crippen molar-refractivity contribution in [1.82, 2.24) is 0 Å². The SMILES string of the molecule is CCc1ccc(Oc2ccc(Br)cc2F)cc1C1C(=O)[C@@H]2CC[C@@H](C2)C1=O. The Balaban J connectivity index is 1.71. The molecule has 2 bridgehead atoms. The number of halogens is 2. The standard InChI is InChI=1S/C22H20BrFO3/c1-2-12-5-7-16(27-19-8-6-15(23)10-18(19)24)11-17(12)20-21(25)13-3-4-14(9-13)22(20)26/h5-8,10-11,13-14,20H,2-4,9H2,1H3/t13-,14+,20?. The highest BCUT2D eigenvalue weighted by atomic mass is 79.9. The molecule has 2 aliphatic rings. The van der Waals surface area contributed by atoms with E-state index in [2.05, 4.69) is 15.9 Å². The number of fused-ring (bicyclic) bond motifs is 2. The van der Waals surface area contributed by atoms with Gasteiger partial charge < -0.3 is 4.74 Å². The van der Waals surface area contributed by atoms with E-state index in [4.69, 9.17) is 4.74 Å². The summed E-state index contributed by atoms with van der Waals surface area (Å²) in [7, 11) is 0. The Bertz CT molecular complexity index is 902. The van der Waals surface area contributed by atoms with Gasteiger partial charge in [-0.3, -0.25) is 9.59 Å². The van der Waals surface area contributed by atoms with Gasteiger partial charge >= 0.3 is 0 Å². The van der Waals surface area contributed by atoms with Crippen molar-refractivity contribution < 1.29 is 18.7 Å². The van der Waals surface area contributed by atoms with Gasteiger partial charge in [-0.1, -0.05) is 28.9 Å². The minimum absolute atomic E-state index is 0.00380. The summed E-state index contributed by atoms with van der Waals surface area (Å²) < 4.78 is 20.5. The summed E-state index contributed by atoms with van der Waals surface area (Å²) in [6, 6.07) is 9.96. The first-order valence-electron chi connectivity index (χ1n) is 9.31. The van der Waals surface area contributed by atoms with Gasteiger partial charge in [0.05, 0.1) is 0 Å². The van der Waals surface area contributed by atoms with Crippen molar-refractivity contribution in [2.45, 2.75) is 38.5 Å². The van der Waals surface area contributed by atoms with Gasteiger partial charge in [-0.05, 0) is 67.1 Å². The van der Waals surface area contributed by atoms with Gasteiger partial charge in [-0.25, -0.2) is 4.39 Å². The van der Waals surface area contributed by atoms with Crippen LogP contribution in [-0.4, -0.2) is 11.6 Å². The second kappa shape index (κ2) is 7.19. The molecule has 0 saturated heterocycles. The minimum atomic E-state index is -0.704. The number of ketones is 2. The van der Waals surface area contributed by atoms with Crippen LogP contribution in [0.3, 0.4) is 0 Å². The molecule has 3 nitrogen and oxygen atoms in total. The second-order valence-electron chi connectivity index (χ2n) is 7.34. The Morgan fingerprint density at radius 1 is 1.07 bits per heavy atom. The first-order chi connectivity index (χ1) is 13.0. The molecule has 0 heterocycles. The first kappa shape index (κ1) is 18.4. The van der Waals surface area contributed by atoms with Gasteiger partial charge in [0.25, 0.3) is 0 Å². The molecule has 0 N–H and O–H groups in total. The maximum Gasteiger partial charge on any atom is 0.166 e. The van der Waals surface area contributed by atoms with Crippen LogP contribution in [0, 0.1) is 17.7 Å². The molecule has 4 rings (SSSR count). The summed E-state index contributed by atoms with van der Waals surface area (Å²) in [5.74, 6) is -0.577. The molecule has 5 heteroatoms. The minimum Gasteiger partial charge on any atom is -0.454 e. The molecule has 3 atom stereocenters. The van der Waals surface area contributed by atoms with Crippen LogP contribution in [0.1, 0.15) is 43.2 Å². The summed E-state index contributed by atoms with van der Waals surface area (Å²) in [5.41, 5.74) is 1.69. The average molecular weight is 431 g/mol. The van der Waals surface area contributed by atoms with E-state index in [1.165, 1.54) is 6.07 Å². The number of Topliss-reactive ketones (excluding diaryl/α,β-unsaturated/α-hetero) is 2. The summed E-state index contributed by atoms with van der Waals surface area (Å²) in [4.78, 5) is 25.8. The number of hydrogen-bond acceptors (Lipinski definition) is 3. The summed E-state index contributed by atoms with van der Waals surface area (Å²) in [6.07, 6.45) is 3.05. The van der Waals surface area contributed by atoms with Gasteiger partial charge in [0.1, 0.15) is 11.7 Å². The summed E-state index contributed by atoms with van der Waals surface area (Å²) in [6.45, 7) is 2.00. The maximum absolute atomic E-state index is 14.1. The molecule has 0 radical (unpaired) electrons. The van der Waals surface area contributed by atoms with Crippen LogP contribution in [0.15, 0.2) is 40.9 Å². The lowest BCUT2D eigenvalue weighted by atomic mass is 9.74. The van der Waals surface area contributed by atoms with Crippen molar-refractivity contribution in [2.24, 2.45) is 11.8 Å². The van der Waals surface area contributed by atoms with E-state index in [-0.39, 0.29) is 29.2 Å². The maximum atomic E-state index is 14.1. The van der Waals surface area contributed by atoms with Crippen LogP contribution in [0.25, 0.3) is 0 Å². The van der Waals surface area contributed by atoms with E-state index >= 15 is 0 Å². The van der Waals surface area contributed by atoms with Crippen molar-refractivity contribution in [2.75, 3.05) is 0 Å². The molecule has 2 saturated carbocycles. The Morgan fingerprint density at radius 3 is 2.41 bits per heavy atom. The molecule has 0 amide bonds. The van der Waals surface area contributed by atoms with Crippen LogP contribution < -0.4 is 4.74 Å². The van der Waals surface area contributed by atoms with Crippen LogP contribution in [0.2, 0.25) is 0 Å². The molecule has 2 aromatic rings. The van der Waals surface area contributed by atoms with Gasteiger partial charge in [-0.15, -0.1) is 0 Å². The molecule has 2 aliphatic carbocycles. The van der Waals surface area contributed by atoms with Crippen molar-refractivity contribution >= 4 is 27.5 Å². The molecule has 0 aromatic heterocycles. The Labute approximate surface area is 166 Å². The molecule has 140 valence electrons. The van der Waals surface area contributed by atoms with Gasteiger partial charge in [0.15, 0.2) is 23.1 Å². The van der Waals surface area contributed by atoms with E-state index in [9.17, 15) is 14.0 Å². The first-order valence-corrected chi connectivity index (χ1v) is 10.1. The fourth-order valence-electron chi connectivity index (χ4n) is 4.33. The highest BCUT2D eigenvalue weighted by Crippen LogP contribution is 2.45. The zero-order chi connectivity index (χ0) is 19.1. The lowest BCUT2D eigenvalue weighted by Crippen LogP contribution is -2.35. The van der Waals surface area contributed by atoms with E-state index < -0.39 is 11.7 Å². The van der Waals surface area contributed by atoms with Gasteiger partial charge in [0, 0.05) is 16.3 Å². The Morgan fingerprint density at radius 2 is 1.78 bits per heavy atom. The molecular weight excluding hydrogens is 411 g/mol. The van der Waals surface area contributed by atoms with Crippen molar-refractivity contribution in [3.05, 3.63) is 57.8 Å². The summed E-state index contributed by atoms with van der Waals surface area (Å²) in [5, 5.41) is 0. The molecule has 0 aliphatic heterocycles. The molecule has 2 fully saturated rings. The fraction of sp³-hybridized carbons (Fsp3) is 0.364. The monoisotopic (exact) mass is 430 g/mol. The lowest BCUT2D eigenvalue weighted by Gasteiger charge is -2.27. The van der Waals surface area contributed by atoms with Crippen LogP contribution in [0.4, 0.5) is 4.39 Å². The number of carbonyl (C=O) groups excluding carboxylic acids is 2. The summed E-state index contributed by atoms with van der Waals surface area (Å²) >= 11 is 3.22. The largest absolute Gasteiger partial charge is 0.454 e. The van der Waals surface area contributed by atoms with Gasteiger partial charge in [-0.2, -0.15) is 0 Å². The number of benzene rings is 2. The molecule has 0 spiro atoms. The number of aryl methyl sites for hydroxylation is 1. The van der Waals surface area contributed by atoms with Crippen molar-refractivity contribution in [3.8, 4) is 11.5 Å². The number of carbonyl (C=O) groups is 2. The zero-order valence-corrected chi connectivity index (χ0v) is 16.6. The Hall–Kier alpha value is -2.01. The van der Waals surface area contributed by atoms with Crippen molar-refractivity contribution in [1.29, 1.82) is 0 Å². The molecule has 1 unspecified atom stereocenters. The number of hydrogen-bond donors (Lipinski definition) is 0. The highest BCUT2D eigenvalue weighted by Gasteiger charge is 2.47. The normalized spacial score (nSPS) is 24.3. The topological polar surface area (TPSA) is 43.4 Å². The smallest absolute Gasteiger partial charge is 0.166 e. The predicted molar refractivity (Wildman–Crippen MR) is 104 cm³/mol. The van der Waals surface area contributed by atoms with E-state index in [0.29, 0.717) is 23.1 Å². The second-order valence-corrected chi connectivity index (χ2v) is 8.25. The number of rotatable bonds is 4. The predicted octanol–water partition coefficient (Wildman–Crippen LogP) is 5.59. The number of ether oxygens (including phenoxy) is 1. The molecular formula is C22H20BrFO3. The average Bonchev–Trinajstić information content (AvgIpc) is 3.10. The zero-order valence-electron chi connectivity index (χ0n) is 15.0. The lowest BCUT2D eigenvalue weighted by molar-refractivity contribution is -0.135. The van der Waals surface area contributed by atoms with E-state index in [1.54, 1.807) is 24.3 Å². The fourth-order valence-corrected chi connectivity index (χ4v) is 4.66. The van der Waals surface area contributed by atoms with Crippen LogP contribution >= 0.6 is 15.9 Å². The van der Waals surface area contributed by atoms with Crippen LogP contribution in [-0.2, 0) is 16.0 Å². The molecule has 27 heavy (non-hydrogen) atoms. The highest BCUT2D eigenvalue weighted by molar-refractivity contribution is 9.10. The van der Waals surface area contributed by atoms with E-state index in [1.807, 2.05) is 13.0 Å². The quantitative estimate of drug-likeness (QED) is 0.593. The molecule has 2 aromatic carbocycles. The van der Waals surface area contributed by atoms with Gasteiger partial charge in [0.2, 0.25) is 0 Å². The van der Waals surface area contributed by atoms with Crippen LogP contribution in [0.5, 0.6) is 11.5 Å². The Kier molecular flexibility index (Phi) is 4.89. The third-order valence-electron chi connectivity index (χ3n) is 5.74. The van der Waals surface area contributed by atoms with Crippen molar-refractivity contribution in [3.63, 3.8) is 0 Å². The van der Waals surface area contributed by atoms with E-state index in [0.717, 1.165) is 24.0 Å². The third-order valence-corrected chi connectivity index (χ3v) is 6.23.